The molecule has 2 unspecified atom stereocenters. The smallest absolute Gasteiger partial charge is 0.345 e. The lowest BCUT2D eigenvalue weighted by Crippen LogP contribution is -2.65. The molecule has 0 saturated heterocycles. The van der Waals surface area contributed by atoms with E-state index in [-0.39, 0.29) is 0 Å². The van der Waals surface area contributed by atoms with Crippen LogP contribution in [0.2, 0.25) is 11.1 Å². The van der Waals surface area contributed by atoms with Crippen LogP contribution in [0.15, 0.2) is 0 Å². The zero-order valence-corrected chi connectivity index (χ0v) is 17.5. The summed E-state index contributed by atoms with van der Waals surface area (Å²) < 4.78 is 13.4. The molecule has 0 spiro atoms. The Bertz CT molecular complexity index is 327. The van der Waals surface area contributed by atoms with Gasteiger partial charge in [0.15, 0.2) is 0 Å². The summed E-state index contributed by atoms with van der Waals surface area (Å²) >= 11 is 0. The second-order valence-corrected chi connectivity index (χ2v) is 11.3. The Morgan fingerprint density at radius 1 is 0.696 bits per heavy atom. The van der Waals surface area contributed by atoms with Crippen molar-refractivity contribution < 1.29 is 8.85 Å². The van der Waals surface area contributed by atoms with Gasteiger partial charge in [-0.15, -0.1) is 0 Å². The molecule has 0 radical (unpaired) electrons. The standard InChI is InChI=1S/C20H40O2Si/c1-7-19(8-2)15-13-17(19)23(21-11-5,22-12-6)18-14-16-20(18,9-3)10-4/h17-18H,7-16H2,1-6H3. The molecule has 0 aromatic carbocycles. The van der Waals surface area contributed by atoms with Crippen molar-refractivity contribution in [3.63, 3.8) is 0 Å². The van der Waals surface area contributed by atoms with Crippen molar-refractivity contribution in [3.8, 4) is 0 Å². The predicted molar refractivity (Wildman–Crippen MR) is 101 cm³/mol. The fraction of sp³-hybridized carbons (Fsp3) is 1.00. The molecule has 0 aliphatic heterocycles. The van der Waals surface area contributed by atoms with Crippen LogP contribution in [-0.4, -0.2) is 21.8 Å². The first-order chi connectivity index (χ1) is 11.0. The zero-order chi connectivity index (χ0) is 17.1. The van der Waals surface area contributed by atoms with Crippen LogP contribution in [0.1, 0.15) is 92.9 Å². The highest BCUT2D eigenvalue weighted by atomic mass is 28.4. The Morgan fingerprint density at radius 2 is 1.04 bits per heavy atom. The molecular formula is C20H40O2Si. The SMILES string of the molecule is CCO[Si](OCC)(C1CCC1(CC)CC)C1CCC1(CC)CC. The molecule has 0 aromatic rings. The minimum Gasteiger partial charge on any atom is -0.394 e. The lowest BCUT2D eigenvalue weighted by molar-refractivity contribution is 0.0143. The van der Waals surface area contributed by atoms with Gasteiger partial charge in [-0.05, 0) is 50.4 Å². The van der Waals surface area contributed by atoms with E-state index in [0.717, 1.165) is 13.2 Å². The van der Waals surface area contributed by atoms with Gasteiger partial charge in [0.1, 0.15) is 0 Å². The van der Waals surface area contributed by atoms with Crippen LogP contribution in [0, 0.1) is 10.8 Å². The van der Waals surface area contributed by atoms with Crippen molar-refractivity contribution in [2.75, 3.05) is 13.2 Å². The number of rotatable bonds is 10. The molecule has 3 heteroatoms. The molecule has 2 nitrogen and oxygen atoms in total. The summed E-state index contributed by atoms with van der Waals surface area (Å²) in [5.74, 6) is 0. The van der Waals surface area contributed by atoms with Crippen molar-refractivity contribution in [1.29, 1.82) is 0 Å². The van der Waals surface area contributed by atoms with Crippen LogP contribution in [0.3, 0.4) is 0 Å². The van der Waals surface area contributed by atoms with Gasteiger partial charge < -0.3 is 8.85 Å². The zero-order valence-electron chi connectivity index (χ0n) is 16.5. The van der Waals surface area contributed by atoms with Gasteiger partial charge >= 0.3 is 8.56 Å². The molecule has 2 aliphatic carbocycles. The minimum absolute atomic E-state index is 0.499. The molecule has 2 rings (SSSR count). The average Bonchev–Trinajstić information content (AvgIpc) is 2.49. The topological polar surface area (TPSA) is 18.5 Å². The Labute approximate surface area is 146 Å². The molecule has 0 N–H and O–H groups in total. The third-order valence-electron chi connectivity index (χ3n) is 7.87. The highest BCUT2D eigenvalue weighted by Crippen LogP contribution is 2.69. The minimum atomic E-state index is -2.18. The third kappa shape index (κ3) is 2.85. The van der Waals surface area contributed by atoms with Crippen LogP contribution < -0.4 is 0 Å². The molecule has 2 saturated carbocycles. The summed E-state index contributed by atoms with van der Waals surface area (Å²) in [5, 5.41) is 0. The Hall–Kier alpha value is 0.137. The van der Waals surface area contributed by atoms with E-state index in [0.29, 0.717) is 21.9 Å². The molecule has 0 aromatic heterocycles. The quantitative estimate of drug-likeness (QED) is 0.426. The summed E-state index contributed by atoms with van der Waals surface area (Å²) in [6, 6.07) is 0. The van der Waals surface area contributed by atoms with E-state index < -0.39 is 8.56 Å². The molecule has 2 atom stereocenters. The third-order valence-corrected chi connectivity index (χ3v) is 13.1. The normalized spacial score (nSPS) is 29.0. The molecule has 0 amide bonds. The fourth-order valence-corrected chi connectivity index (χ4v) is 12.2. The summed E-state index contributed by atoms with van der Waals surface area (Å²) in [6.45, 7) is 15.6. The summed E-state index contributed by atoms with van der Waals surface area (Å²) in [7, 11) is -2.18. The van der Waals surface area contributed by atoms with Gasteiger partial charge in [0.05, 0.1) is 0 Å². The molecule has 2 aliphatic rings. The van der Waals surface area contributed by atoms with Gasteiger partial charge in [-0.1, -0.05) is 53.4 Å². The molecule has 23 heavy (non-hydrogen) atoms. The first kappa shape index (κ1) is 19.5. The average molecular weight is 341 g/mol. The van der Waals surface area contributed by atoms with E-state index >= 15 is 0 Å². The van der Waals surface area contributed by atoms with E-state index in [2.05, 4.69) is 41.5 Å². The first-order valence-corrected chi connectivity index (χ1v) is 12.3. The Kier molecular flexibility index (Phi) is 6.41. The largest absolute Gasteiger partial charge is 0.394 e. The molecule has 0 bridgehead atoms. The van der Waals surface area contributed by atoms with Gasteiger partial charge in [-0.3, -0.25) is 0 Å². The van der Waals surface area contributed by atoms with Gasteiger partial charge in [0.2, 0.25) is 0 Å². The van der Waals surface area contributed by atoms with Crippen LogP contribution in [-0.2, 0) is 8.85 Å². The van der Waals surface area contributed by atoms with Crippen molar-refractivity contribution in [2.45, 2.75) is 104 Å². The van der Waals surface area contributed by atoms with Crippen molar-refractivity contribution >= 4 is 8.56 Å². The monoisotopic (exact) mass is 340 g/mol. The molecular weight excluding hydrogens is 300 g/mol. The van der Waals surface area contributed by atoms with Crippen LogP contribution in [0.5, 0.6) is 0 Å². The van der Waals surface area contributed by atoms with Crippen molar-refractivity contribution in [2.24, 2.45) is 10.8 Å². The van der Waals surface area contributed by atoms with E-state index in [1.54, 1.807) is 0 Å². The molecule has 2 fully saturated rings. The van der Waals surface area contributed by atoms with Crippen LogP contribution in [0.4, 0.5) is 0 Å². The summed E-state index contributed by atoms with van der Waals surface area (Å²) in [5.41, 5.74) is 2.43. The maximum absolute atomic E-state index is 6.71. The first-order valence-electron chi connectivity index (χ1n) is 10.3. The summed E-state index contributed by atoms with van der Waals surface area (Å²) in [4.78, 5) is 0. The Morgan fingerprint density at radius 3 is 1.22 bits per heavy atom. The highest BCUT2D eigenvalue weighted by Gasteiger charge is 2.68. The van der Waals surface area contributed by atoms with Gasteiger partial charge in [0, 0.05) is 24.3 Å². The predicted octanol–water partition coefficient (Wildman–Crippen LogP) is 6.44. The van der Waals surface area contributed by atoms with Gasteiger partial charge in [-0.2, -0.15) is 0 Å². The second kappa shape index (κ2) is 7.57. The number of hydrogen-bond acceptors (Lipinski definition) is 2. The summed E-state index contributed by atoms with van der Waals surface area (Å²) in [6.07, 6.45) is 10.6. The lowest BCUT2D eigenvalue weighted by atomic mass is 9.64. The fourth-order valence-electron chi connectivity index (χ4n) is 5.98. The van der Waals surface area contributed by atoms with Crippen LogP contribution >= 0.6 is 0 Å². The van der Waals surface area contributed by atoms with Crippen molar-refractivity contribution in [3.05, 3.63) is 0 Å². The van der Waals surface area contributed by atoms with Crippen molar-refractivity contribution in [1.82, 2.24) is 0 Å². The van der Waals surface area contributed by atoms with E-state index in [1.807, 2.05) is 0 Å². The number of hydrogen-bond donors (Lipinski definition) is 0. The van der Waals surface area contributed by atoms with Gasteiger partial charge in [0.25, 0.3) is 0 Å². The second-order valence-electron chi connectivity index (χ2n) is 7.91. The van der Waals surface area contributed by atoms with E-state index in [4.69, 9.17) is 8.85 Å². The maximum Gasteiger partial charge on any atom is 0.345 e. The highest BCUT2D eigenvalue weighted by molar-refractivity contribution is 6.71. The van der Waals surface area contributed by atoms with E-state index in [1.165, 1.54) is 51.4 Å². The molecule has 0 heterocycles. The van der Waals surface area contributed by atoms with E-state index in [9.17, 15) is 0 Å². The van der Waals surface area contributed by atoms with Gasteiger partial charge in [-0.25, -0.2) is 0 Å². The van der Waals surface area contributed by atoms with Crippen LogP contribution in [0.25, 0.3) is 0 Å². The Balaban J connectivity index is 2.40. The molecule has 136 valence electrons. The lowest BCUT2D eigenvalue weighted by Gasteiger charge is -2.63. The maximum atomic E-state index is 6.71.